The number of aromatic hydroxyl groups is 1. The third kappa shape index (κ3) is 1.90. The van der Waals surface area contributed by atoms with E-state index in [0.29, 0.717) is 18.1 Å². The highest BCUT2D eigenvalue weighted by molar-refractivity contribution is 5.27. The summed E-state index contributed by atoms with van der Waals surface area (Å²) in [5.74, 6) is 1.49. The Balaban J connectivity index is 2.15. The minimum Gasteiger partial charge on any atom is -0.508 e. The molecule has 0 saturated carbocycles. The Morgan fingerprint density at radius 1 is 1.29 bits per heavy atom. The molecule has 1 aromatic carbocycles. The van der Waals surface area contributed by atoms with Gasteiger partial charge in [-0.2, -0.15) is 4.98 Å². The molecule has 4 nitrogen and oxygen atoms in total. The van der Waals surface area contributed by atoms with Crippen LogP contribution >= 0.6 is 0 Å². The Hall–Kier alpha value is -1.84. The highest BCUT2D eigenvalue weighted by atomic mass is 16.5. The summed E-state index contributed by atoms with van der Waals surface area (Å²) < 4.78 is 4.97. The number of nitrogens with zero attached hydrogens (tertiary/aromatic N) is 2. The molecule has 0 bridgehead atoms. The second-order valence-electron chi connectivity index (χ2n) is 3.08. The molecular formula is C10H10N2O2. The molecule has 0 aliphatic heterocycles. The van der Waals surface area contributed by atoms with Crippen LogP contribution < -0.4 is 0 Å². The average Bonchev–Trinajstić information content (AvgIpc) is 2.56. The normalized spacial score (nSPS) is 10.4. The van der Waals surface area contributed by atoms with Crippen LogP contribution in [0, 0.1) is 6.92 Å². The number of phenols is 1. The molecule has 0 aliphatic carbocycles. The van der Waals surface area contributed by atoms with Gasteiger partial charge in [-0.25, -0.2) is 0 Å². The van der Waals surface area contributed by atoms with E-state index in [1.54, 1.807) is 19.1 Å². The first-order valence-corrected chi connectivity index (χ1v) is 4.31. The van der Waals surface area contributed by atoms with E-state index in [1.807, 2.05) is 12.1 Å². The van der Waals surface area contributed by atoms with Gasteiger partial charge >= 0.3 is 0 Å². The predicted molar refractivity (Wildman–Crippen MR) is 49.9 cm³/mol. The molecule has 1 N–H and O–H groups in total. The molecule has 0 amide bonds. The third-order valence-electron chi connectivity index (χ3n) is 1.86. The van der Waals surface area contributed by atoms with Gasteiger partial charge in [-0.3, -0.25) is 0 Å². The monoisotopic (exact) mass is 190 g/mol. The van der Waals surface area contributed by atoms with E-state index in [-0.39, 0.29) is 5.75 Å². The fourth-order valence-electron chi connectivity index (χ4n) is 1.20. The largest absolute Gasteiger partial charge is 0.508 e. The van der Waals surface area contributed by atoms with Crippen molar-refractivity contribution in [3.05, 3.63) is 41.5 Å². The number of aromatic nitrogens is 2. The van der Waals surface area contributed by atoms with Gasteiger partial charge in [0.05, 0.1) is 6.42 Å². The Kier molecular flexibility index (Phi) is 2.18. The Morgan fingerprint density at radius 3 is 2.57 bits per heavy atom. The van der Waals surface area contributed by atoms with E-state index in [9.17, 15) is 0 Å². The van der Waals surface area contributed by atoms with Crippen LogP contribution in [0.1, 0.15) is 17.3 Å². The summed E-state index contributed by atoms with van der Waals surface area (Å²) in [5.41, 5.74) is 1.03. The summed E-state index contributed by atoms with van der Waals surface area (Å²) in [7, 11) is 0. The van der Waals surface area contributed by atoms with Crippen molar-refractivity contribution in [3.63, 3.8) is 0 Å². The number of aryl methyl sites for hydroxylation is 1. The molecule has 0 unspecified atom stereocenters. The van der Waals surface area contributed by atoms with Gasteiger partial charge in [-0.15, -0.1) is 0 Å². The smallest absolute Gasteiger partial charge is 0.231 e. The molecule has 0 saturated heterocycles. The first kappa shape index (κ1) is 8.74. The van der Waals surface area contributed by atoms with Crippen LogP contribution in [-0.4, -0.2) is 15.2 Å². The van der Waals surface area contributed by atoms with Gasteiger partial charge in [0.15, 0.2) is 5.82 Å². The van der Waals surface area contributed by atoms with Gasteiger partial charge in [0.2, 0.25) is 5.89 Å². The lowest BCUT2D eigenvalue weighted by atomic mass is 10.1. The number of hydrogen-bond donors (Lipinski definition) is 1. The van der Waals surface area contributed by atoms with Crippen LogP contribution in [0.25, 0.3) is 0 Å². The lowest BCUT2D eigenvalue weighted by molar-refractivity contribution is 0.381. The van der Waals surface area contributed by atoms with Gasteiger partial charge in [0, 0.05) is 0 Å². The Bertz CT molecular complexity index is 420. The zero-order valence-corrected chi connectivity index (χ0v) is 7.77. The van der Waals surface area contributed by atoms with Gasteiger partial charge < -0.3 is 9.63 Å². The van der Waals surface area contributed by atoms with Crippen molar-refractivity contribution in [2.75, 3.05) is 0 Å². The van der Waals surface area contributed by atoms with Crippen LogP contribution in [0.15, 0.2) is 28.8 Å². The molecule has 0 atom stereocenters. The standard InChI is InChI=1S/C10H10N2O2/c1-7-11-10(14-12-7)6-8-2-4-9(13)5-3-8/h2-5,13H,6H2,1H3. The molecule has 0 spiro atoms. The number of phenolic OH excluding ortho intramolecular Hbond substituents is 1. The fraction of sp³-hybridized carbons (Fsp3) is 0.200. The molecule has 1 aromatic heterocycles. The van der Waals surface area contributed by atoms with E-state index >= 15 is 0 Å². The molecule has 2 aromatic rings. The van der Waals surface area contributed by atoms with Crippen LogP contribution in [0.4, 0.5) is 0 Å². The van der Waals surface area contributed by atoms with Crippen molar-refractivity contribution >= 4 is 0 Å². The topological polar surface area (TPSA) is 59.2 Å². The van der Waals surface area contributed by atoms with Gasteiger partial charge in [0.1, 0.15) is 5.75 Å². The van der Waals surface area contributed by atoms with Crippen LogP contribution in [0.5, 0.6) is 5.75 Å². The molecule has 14 heavy (non-hydrogen) atoms. The van der Waals surface area contributed by atoms with E-state index < -0.39 is 0 Å². The van der Waals surface area contributed by atoms with Crippen LogP contribution in [0.3, 0.4) is 0 Å². The Labute approximate surface area is 81.2 Å². The molecular weight excluding hydrogens is 180 g/mol. The van der Waals surface area contributed by atoms with Crippen LogP contribution in [0.2, 0.25) is 0 Å². The lowest BCUT2D eigenvalue weighted by Gasteiger charge is -1.96. The maximum atomic E-state index is 9.08. The van der Waals surface area contributed by atoms with Crippen molar-refractivity contribution in [1.29, 1.82) is 0 Å². The van der Waals surface area contributed by atoms with Gasteiger partial charge in [-0.05, 0) is 24.6 Å². The van der Waals surface area contributed by atoms with E-state index in [2.05, 4.69) is 10.1 Å². The zero-order valence-electron chi connectivity index (χ0n) is 7.77. The van der Waals surface area contributed by atoms with Crippen molar-refractivity contribution in [2.45, 2.75) is 13.3 Å². The fourth-order valence-corrected chi connectivity index (χ4v) is 1.20. The maximum Gasteiger partial charge on any atom is 0.231 e. The summed E-state index contributed by atoms with van der Waals surface area (Å²) in [6.45, 7) is 1.78. The zero-order chi connectivity index (χ0) is 9.97. The van der Waals surface area contributed by atoms with E-state index in [4.69, 9.17) is 9.63 Å². The second-order valence-corrected chi connectivity index (χ2v) is 3.08. The average molecular weight is 190 g/mol. The summed E-state index contributed by atoms with van der Waals surface area (Å²) >= 11 is 0. The minimum atomic E-state index is 0.260. The number of benzene rings is 1. The van der Waals surface area contributed by atoms with Crippen molar-refractivity contribution in [2.24, 2.45) is 0 Å². The van der Waals surface area contributed by atoms with Gasteiger partial charge in [0.25, 0.3) is 0 Å². The van der Waals surface area contributed by atoms with Crippen molar-refractivity contribution < 1.29 is 9.63 Å². The van der Waals surface area contributed by atoms with Crippen molar-refractivity contribution in [3.8, 4) is 5.75 Å². The molecule has 72 valence electrons. The molecule has 0 fully saturated rings. The van der Waals surface area contributed by atoms with E-state index in [0.717, 1.165) is 5.56 Å². The molecule has 0 radical (unpaired) electrons. The van der Waals surface area contributed by atoms with Gasteiger partial charge in [-0.1, -0.05) is 17.3 Å². The minimum absolute atomic E-state index is 0.260. The lowest BCUT2D eigenvalue weighted by Crippen LogP contribution is -1.87. The molecule has 4 heteroatoms. The first-order chi connectivity index (χ1) is 6.74. The first-order valence-electron chi connectivity index (χ1n) is 4.31. The number of hydrogen-bond acceptors (Lipinski definition) is 4. The molecule has 1 heterocycles. The number of rotatable bonds is 2. The highest BCUT2D eigenvalue weighted by Gasteiger charge is 2.03. The summed E-state index contributed by atoms with van der Waals surface area (Å²) in [5, 5.41) is 12.8. The van der Waals surface area contributed by atoms with E-state index in [1.165, 1.54) is 0 Å². The quantitative estimate of drug-likeness (QED) is 0.782. The highest BCUT2D eigenvalue weighted by Crippen LogP contribution is 2.12. The van der Waals surface area contributed by atoms with Crippen molar-refractivity contribution in [1.82, 2.24) is 10.1 Å². The second kappa shape index (κ2) is 3.49. The molecule has 0 aliphatic rings. The summed E-state index contributed by atoms with van der Waals surface area (Å²) in [6, 6.07) is 6.93. The maximum absolute atomic E-state index is 9.08. The predicted octanol–water partition coefficient (Wildman–Crippen LogP) is 1.67. The SMILES string of the molecule is Cc1noc(Cc2ccc(O)cc2)n1. The molecule has 2 rings (SSSR count). The Morgan fingerprint density at radius 2 is 2.00 bits per heavy atom. The van der Waals surface area contributed by atoms with Crippen LogP contribution in [-0.2, 0) is 6.42 Å². The summed E-state index contributed by atoms with van der Waals surface area (Å²) in [4.78, 5) is 4.09. The third-order valence-corrected chi connectivity index (χ3v) is 1.86. The summed E-state index contributed by atoms with van der Waals surface area (Å²) in [6.07, 6.45) is 0.598.